The van der Waals surface area contributed by atoms with Crippen LogP contribution < -0.4 is 21.7 Å². The van der Waals surface area contributed by atoms with Gasteiger partial charge in [-0.1, -0.05) is 31.2 Å². The summed E-state index contributed by atoms with van der Waals surface area (Å²) in [4.78, 5) is 24.7. The topological polar surface area (TPSA) is 148 Å². The van der Waals surface area contributed by atoms with Crippen LogP contribution in [0.1, 0.15) is 63.4 Å². The van der Waals surface area contributed by atoms with Crippen LogP contribution in [0.15, 0.2) is 54.1 Å². The Morgan fingerprint density at radius 2 is 1.89 bits per heavy atom. The van der Waals surface area contributed by atoms with Crippen molar-refractivity contribution in [2.75, 3.05) is 58.6 Å². The molecule has 0 saturated carbocycles. The number of likely N-dealkylation sites (N-methyl/N-ethyl adjacent to an activating group) is 1. The maximum Gasteiger partial charge on any atom is 0.408 e. The number of anilines is 1. The summed E-state index contributed by atoms with van der Waals surface area (Å²) in [7, 11) is 2.15. The predicted octanol–water partition coefficient (Wildman–Crippen LogP) is 3.73. The highest BCUT2D eigenvalue weighted by Crippen LogP contribution is 2.22. The second-order valence-electron chi connectivity index (χ2n) is 10.9. The lowest BCUT2D eigenvalue weighted by Crippen LogP contribution is -2.45. The van der Waals surface area contributed by atoms with Gasteiger partial charge < -0.3 is 36.6 Å². The van der Waals surface area contributed by atoms with Crippen LogP contribution in [0.4, 0.5) is 19.0 Å². The van der Waals surface area contributed by atoms with Crippen LogP contribution in [0.2, 0.25) is 0 Å². The van der Waals surface area contributed by atoms with E-state index in [2.05, 4.69) is 73.5 Å². The molecule has 12 nitrogen and oxygen atoms in total. The summed E-state index contributed by atoms with van der Waals surface area (Å²) in [6.45, 7) is 17.5. The highest BCUT2D eigenvalue weighted by Gasteiger charge is 2.26. The lowest BCUT2D eigenvalue weighted by molar-refractivity contribution is -0.118. The van der Waals surface area contributed by atoms with Gasteiger partial charge in [0.05, 0.1) is 11.4 Å². The Balaban J connectivity index is 0.000000449. The number of rotatable bonds is 12. The molecule has 1 unspecified atom stereocenters. The molecule has 0 radical (unpaired) electrons. The number of piperazine rings is 1. The van der Waals surface area contributed by atoms with Crippen LogP contribution in [-0.2, 0) is 6.42 Å². The van der Waals surface area contributed by atoms with E-state index in [9.17, 15) is 23.1 Å². The number of hydrogen-bond acceptors (Lipinski definition) is 9. The molecule has 1 amide bonds. The maximum absolute atomic E-state index is 12.6. The number of aromatic nitrogens is 3. The van der Waals surface area contributed by atoms with Crippen molar-refractivity contribution in [1.29, 1.82) is 0 Å². The molecule has 2 aromatic heterocycles. The Hall–Kier alpha value is -3.95. The summed E-state index contributed by atoms with van der Waals surface area (Å²) in [6, 6.07) is 0. The smallest absolute Gasteiger partial charge is 0.382 e. The van der Waals surface area contributed by atoms with Gasteiger partial charge in [-0.05, 0) is 66.1 Å². The molecule has 3 heterocycles. The third kappa shape index (κ3) is 16.4. The number of fused-ring (bicyclic) bond motifs is 1. The first kappa shape index (κ1) is 41.1. The first-order chi connectivity index (χ1) is 22.3. The third-order valence-corrected chi connectivity index (χ3v) is 6.94. The van der Waals surface area contributed by atoms with Gasteiger partial charge in [0.25, 0.3) is 5.91 Å². The first-order valence-electron chi connectivity index (χ1n) is 15.7. The number of aliphatic hydroxyl groups excluding tert-OH is 1. The number of nitrogens with one attached hydrogen (secondary N) is 3. The monoisotopic (exact) mass is 666 g/mol. The first-order valence-corrected chi connectivity index (χ1v) is 15.7. The Bertz CT molecular complexity index is 1320. The van der Waals surface area contributed by atoms with E-state index in [4.69, 9.17) is 5.73 Å². The zero-order valence-electron chi connectivity index (χ0n) is 28.6. The van der Waals surface area contributed by atoms with Gasteiger partial charge in [-0.15, -0.1) is 6.58 Å². The molecule has 0 aromatic carbocycles. The number of nitrogens with two attached hydrogens (primary N) is 1. The SMILES string of the molecule is C/C=C(\C)NC(O)NC(C)=NCC(F)(F)F.C/C=C\CC.C=CCc1c(C(=O)NCCCN2CCN(C)CC2)cn2ncnc(N)c12. The van der Waals surface area contributed by atoms with E-state index in [1.165, 1.54) is 13.3 Å². The fourth-order valence-corrected chi connectivity index (χ4v) is 4.34. The second-order valence-corrected chi connectivity index (χ2v) is 10.9. The lowest BCUT2D eigenvalue weighted by Gasteiger charge is -2.32. The summed E-state index contributed by atoms with van der Waals surface area (Å²) >= 11 is 0. The lowest BCUT2D eigenvalue weighted by atomic mass is 10.1. The van der Waals surface area contributed by atoms with E-state index in [0.717, 1.165) is 51.1 Å². The average Bonchev–Trinajstić information content (AvgIpc) is 3.39. The molecule has 1 fully saturated rings. The van der Waals surface area contributed by atoms with E-state index in [0.29, 0.717) is 35.6 Å². The molecule has 1 atom stereocenters. The molecule has 264 valence electrons. The number of nitrogens with zero attached hydrogens (tertiary/aromatic N) is 6. The van der Waals surface area contributed by atoms with E-state index in [-0.39, 0.29) is 11.7 Å². The largest absolute Gasteiger partial charge is 0.408 e. The van der Waals surface area contributed by atoms with Crippen molar-refractivity contribution in [1.82, 2.24) is 40.3 Å². The molecule has 2 aromatic rings. The average molecular weight is 667 g/mol. The third-order valence-electron chi connectivity index (χ3n) is 6.94. The number of carbonyl (C=O) groups excluding carboxylic acids is 1. The number of hydrogen-bond donors (Lipinski definition) is 5. The van der Waals surface area contributed by atoms with Crippen LogP contribution in [0.5, 0.6) is 0 Å². The minimum absolute atomic E-state index is 0.0150. The Morgan fingerprint density at radius 3 is 2.45 bits per heavy atom. The van der Waals surface area contributed by atoms with E-state index in [1.807, 2.05) is 6.92 Å². The molecular weight excluding hydrogens is 613 g/mol. The van der Waals surface area contributed by atoms with Gasteiger partial charge >= 0.3 is 6.18 Å². The normalized spacial score (nSPS) is 15.4. The molecule has 3 rings (SSSR count). The molecule has 6 N–H and O–H groups in total. The van der Waals surface area contributed by atoms with Crippen molar-refractivity contribution in [3.05, 3.63) is 60.2 Å². The standard InChI is InChI=1S/C18H27N7O.C9H16F3N3O.C5H10/c1-3-5-14-15(12-25-16(14)17(19)21-13-22-25)18(26)20-6-4-7-24-10-8-23(2)9-11-24;1-4-6(2)14-8(16)15-7(3)13-5-9(10,11)12;1-3-5-4-2/h3,12-13H,1,4-11H2,2H3,(H,20,26)(H2,19,21,22);4,8,14,16H,5H2,1-3H3,(H,13,15);3,5H,4H2,1-2H3/b;6-4+;5-3-. The highest BCUT2D eigenvalue weighted by molar-refractivity contribution is 5.99. The number of allylic oxidation sites excluding steroid dienone is 5. The van der Waals surface area contributed by atoms with Gasteiger partial charge in [0, 0.05) is 44.6 Å². The van der Waals surface area contributed by atoms with Gasteiger partial charge in [0.15, 0.2) is 5.82 Å². The molecule has 1 saturated heterocycles. The number of aliphatic hydroxyl groups is 1. The molecule has 47 heavy (non-hydrogen) atoms. The van der Waals surface area contributed by atoms with Gasteiger partial charge in [-0.2, -0.15) is 18.3 Å². The van der Waals surface area contributed by atoms with Crippen LogP contribution in [0, 0.1) is 0 Å². The van der Waals surface area contributed by atoms with Gasteiger partial charge in [0.1, 0.15) is 18.4 Å². The fraction of sp³-hybridized carbons (Fsp3) is 0.562. The molecule has 1 aliphatic rings. The number of halogens is 3. The van der Waals surface area contributed by atoms with E-state index < -0.39 is 19.1 Å². The minimum atomic E-state index is -4.33. The Labute approximate surface area is 276 Å². The number of amidine groups is 1. The van der Waals surface area contributed by atoms with Crippen molar-refractivity contribution in [2.24, 2.45) is 4.99 Å². The van der Waals surface area contributed by atoms with Crippen LogP contribution >= 0.6 is 0 Å². The molecule has 0 aliphatic carbocycles. The van der Waals surface area contributed by atoms with Crippen LogP contribution in [0.25, 0.3) is 5.52 Å². The number of aliphatic imine (C=N–C) groups is 1. The fourth-order valence-electron chi connectivity index (χ4n) is 4.34. The van der Waals surface area contributed by atoms with Gasteiger partial charge in [-0.25, -0.2) is 9.50 Å². The van der Waals surface area contributed by atoms with Crippen molar-refractivity contribution in [3.63, 3.8) is 0 Å². The van der Waals surface area contributed by atoms with E-state index in [1.54, 1.807) is 36.7 Å². The number of amides is 1. The number of alkyl halides is 3. The zero-order valence-corrected chi connectivity index (χ0v) is 28.6. The Kier molecular flexibility index (Phi) is 19.0. The van der Waals surface area contributed by atoms with Crippen molar-refractivity contribution >= 4 is 23.1 Å². The summed E-state index contributed by atoms with van der Waals surface area (Å²) in [6.07, 6.45) is 7.89. The highest BCUT2D eigenvalue weighted by atomic mass is 19.4. The zero-order chi connectivity index (χ0) is 35.4. The molecule has 0 spiro atoms. The molecule has 15 heteroatoms. The quantitative estimate of drug-likeness (QED) is 0.0752. The number of nitrogen functional groups attached to an aromatic ring is 1. The van der Waals surface area contributed by atoms with Crippen molar-refractivity contribution in [3.8, 4) is 0 Å². The second kappa shape index (κ2) is 21.8. The Morgan fingerprint density at radius 1 is 1.21 bits per heavy atom. The number of carbonyl (C=O) groups is 1. The maximum atomic E-state index is 12.6. The van der Waals surface area contributed by atoms with Crippen LogP contribution in [0.3, 0.4) is 0 Å². The van der Waals surface area contributed by atoms with Gasteiger partial charge in [0.2, 0.25) is 6.35 Å². The molecule has 1 aliphatic heterocycles. The van der Waals surface area contributed by atoms with Crippen LogP contribution in [-0.4, -0.2) is 107 Å². The summed E-state index contributed by atoms with van der Waals surface area (Å²) in [5.41, 5.74) is 8.74. The predicted molar refractivity (Wildman–Crippen MR) is 183 cm³/mol. The molecular formula is C32H53F3N10O2. The van der Waals surface area contributed by atoms with E-state index >= 15 is 0 Å². The van der Waals surface area contributed by atoms with Gasteiger partial charge in [-0.3, -0.25) is 9.79 Å². The van der Waals surface area contributed by atoms with Crippen molar-refractivity contribution in [2.45, 2.75) is 66.4 Å². The summed E-state index contributed by atoms with van der Waals surface area (Å²) in [5.74, 6) is 0.275. The summed E-state index contributed by atoms with van der Waals surface area (Å²) in [5, 5.41) is 21.5. The molecule has 0 bridgehead atoms. The summed E-state index contributed by atoms with van der Waals surface area (Å²) < 4.78 is 37.0. The minimum Gasteiger partial charge on any atom is -0.382 e. The van der Waals surface area contributed by atoms with Crippen molar-refractivity contribution < 1.29 is 23.1 Å².